The highest BCUT2D eigenvalue weighted by Gasteiger charge is 2.17. The molecule has 0 saturated heterocycles. The molecule has 1 N–H and O–H groups in total. The third-order valence-corrected chi connectivity index (χ3v) is 5.00. The van der Waals surface area contributed by atoms with Crippen molar-refractivity contribution in [3.8, 4) is 17.2 Å². The van der Waals surface area contributed by atoms with E-state index in [0.717, 1.165) is 5.56 Å². The minimum Gasteiger partial charge on any atom is -0.495 e. The average molecular weight is 420 g/mol. The van der Waals surface area contributed by atoms with Crippen LogP contribution in [0.25, 0.3) is 5.69 Å². The normalized spacial score (nSPS) is 10.5. The molecule has 1 amide bonds. The molecule has 0 saturated carbocycles. The van der Waals surface area contributed by atoms with E-state index in [1.54, 1.807) is 12.1 Å². The molecule has 0 atom stereocenters. The Balaban J connectivity index is 1.70. The molecule has 0 aliphatic rings. The van der Waals surface area contributed by atoms with E-state index in [0.29, 0.717) is 33.9 Å². The number of benzene rings is 2. The van der Waals surface area contributed by atoms with Gasteiger partial charge in [-0.05, 0) is 16.0 Å². The summed E-state index contributed by atoms with van der Waals surface area (Å²) in [5.74, 6) is 0.988. The van der Waals surface area contributed by atoms with Crippen molar-refractivity contribution in [3.05, 3.63) is 53.1 Å². The minimum atomic E-state index is -0.121. The van der Waals surface area contributed by atoms with E-state index in [9.17, 15) is 4.79 Å². The number of carbonyl (C=O) groups excluding carboxylic acids is 1. The molecule has 0 radical (unpaired) electrons. The van der Waals surface area contributed by atoms with Crippen molar-refractivity contribution in [1.29, 1.82) is 0 Å². The van der Waals surface area contributed by atoms with Gasteiger partial charge in [0.15, 0.2) is 0 Å². The molecule has 3 aromatic rings. The molecule has 1 heterocycles. The third kappa shape index (κ3) is 4.73. The Morgan fingerprint density at radius 3 is 2.64 bits per heavy atom. The maximum absolute atomic E-state index is 12.2. The lowest BCUT2D eigenvalue weighted by Crippen LogP contribution is -2.24. The van der Waals surface area contributed by atoms with E-state index >= 15 is 0 Å². The van der Waals surface area contributed by atoms with Crippen LogP contribution in [0.15, 0.2) is 47.6 Å². The third-order valence-electron chi connectivity index (χ3n) is 3.79. The van der Waals surface area contributed by atoms with Gasteiger partial charge in [-0.1, -0.05) is 53.7 Å². The summed E-state index contributed by atoms with van der Waals surface area (Å²) in [6.45, 7) is 0.466. The number of halogens is 1. The summed E-state index contributed by atoms with van der Waals surface area (Å²) in [7, 11) is 3.04. The van der Waals surface area contributed by atoms with Crippen molar-refractivity contribution in [2.24, 2.45) is 0 Å². The predicted molar refractivity (Wildman–Crippen MR) is 106 cm³/mol. The number of ether oxygens (including phenoxy) is 2. The first-order valence-corrected chi connectivity index (χ1v) is 9.62. The van der Waals surface area contributed by atoms with Crippen LogP contribution >= 0.6 is 23.4 Å². The Bertz CT molecular complexity index is 952. The number of hydrogen-bond acceptors (Lipinski definition) is 7. The molecule has 0 unspecified atom stereocenters. The summed E-state index contributed by atoms with van der Waals surface area (Å²) >= 11 is 7.36. The van der Waals surface area contributed by atoms with Crippen LogP contribution in [-0.4, -0.2) is 46.1 Å². The molecular weight excluding hydrogens is 402 g/mol. The Hall–Kier alpha value is -2.78. The van der Waals surface area contributed by atoms with Crippen LogP contribution in [0.4, 0.5) is 0 Å². The lowest BCUT2D eigenvalue weighted by atomic mass is 10.2. The smallest absolute Gasteiger partial charge is 0.230 e. The second kappa shape index (κ2) is 9.43. The zero-order valence-corrected chi connectivity index (χ0v) is 16.8. The van der Waals surface area contributed by atoms with Crippen LogP contribution in [0.1, 0.15) is 5.56 Å². The number of nitrogens with zero attached hydrogens (tertiary/aromatic N) is 4. The first-order valence-electron chi connectivity index (χ1n) is 8.26. The quantitative estimate of drug-likeness (QED) is 0.561. The number of amides is 1. The van der Waals surface area contributed by atoms with Gasteiger partial charge in [0.25, 0.3) is 0 Å². The Morgan fingerprint density at radius 1 is 1.18 bits per heavy atom. The first kappa shape index (κ1) is 20.0. The van der Waals surface area contributed by atoms with Gasteiger partial charge in [-0.15, -0.1) is 5.10 Å². The molecule has 0 spiro atoms. The summed E-state index contributed by atoms with van der Waals surface area (Å²) in [5, 5.41) is 15.4. The fourth-order valence-electron chi connectivity index (χ4n) is 2.41. The van der Waals surface area contributed by atoms with Gasteiger partial charge in [0.05, 0.1) is 25.0 Å². The van der Waals surface area contributed by atoms with Gasteiger partial charge >= 0.3 is 0 Å². The van der Waals surface area contributed by atoms with E-state index in [-0.39, 0.29) is 11.7 Å². The number of rotatable bonds is 8. The van der Waals surface area contributed by atoms with E-state index in [2.05, 4.69) is 20.8 Å². The van der Waals surface area contributed by atoms with E-state index < -0.39 is 0 Å². The average Bonchev–Trinajstić information content (AvgIpc) is 3.19. The van der Waals surface area contributed by atoms with Gasteiger partial charge in [0, 0.05) is 18.7 Å². The number of tetrazole rings is 1. The van der Waals surface area contributed by atoms with Crippen molar-refractivity contribution >= 4 is 29.3 Å². The fourth-order valence-corrected chi connectivity index (χ4v) is 3.35. The molecule has 10 heteroatoms. The molecule has 28 heavy (non-hydrogen) atoms. The fraction of sp³-hybridized carbons (Fsp3) is 0.222. The van der Waals surface area contributed by atoms with Gasteiger partial charge < -0.3 is 14.8 Å². The van der Waals surface area contributed by atoms with Gasteiger partial charge in [0.2, 0.25) is 11.1 Å². The molecule has 2 aromatic carbocycles. The molecule has 0 fully saturated rings. The van der Waals surface area contributed by atoms with Gasteiger partial charge in [0.1, 0.15) is 17.2 Å². The summed E-state index contributed by atoms with van der Waals surface area (Å²) < 4.78 is 12.1. The number of nitrogens with one attached hydrogen (secondary N) is 1. The number of aromatic nitrogens is 4. The Morgan fingerprint density at radius 2 is 1.93 bits per heavy atom. The van der Waals surface area contributed by atoms with Crippen LogP contribution in [0.2, 0.25) is 5.02 Å². The summed E-state index contributed by atoms with van der Waals surface area (Å²) in [4.78, 5) is 12.2. The van der Waals surface area contributed by atoms with Gasteiger partial charge in [-0.2, -0.15) is 4.68 Å². The summed E-state index contributed by atoms with van der Waals surface area (Å²) in [6.07, 6.45) is 0. The van der Waals surface area contributed by atoms with Crippen molar-refractivity contribution in [2.45, 2.75) is 11.7 Å². The van der Waals surface area contributed by atoms with E-state index in [1.165, 1.54) is 30.7 Å². The number of hydrogen-bond donors (Lipinski definition) is 1. The van der Waals surface area contributed by atoms with Gasteiger partial charge in [-0.3, -0.25) is 4.79 Å². The van der Waals surface area contributed by atoms with Crippen LogP contribution in [0, 0.1) is 0 Å². The predicted octanol–water partition coefficient (Wildman–Crippen LogP) is 2.74. The van der Waals surface area contributed by atoms with Crippen LogP contribution in [0.3, 0.4) is 0 Å². The van der Waals surface area contributed by atoms with E-state index in [4.69, 9.17) is 21.1 Å². The Labute approximate surface area is 171 Å². The molecule has 0 bridgehead atoms. The monoisotopic (exact) mass is 419 g/mol. The maximum atomic E-state index is 12.2. The van der Waals surface area contributed by atoms with E-state index in [1.807, 2.05) is 30.3 Å². The van der Waals surface area contributed by atoms with Crippen LogP contribution < -0.4 is 14.8 Å². The molecule has 0 aliphatic carbocycles. The molecule has 3 rings (SSSR count). The largest absolute Gasteiger partial charge is 0.495 e. The highest BCUT2D eigenvalue weighted by atomic mass is 35.5. The van der Waals surface area contributed by atoms with Crippen molar-refractivity contribution in [3.63, 3.8) is 0 Å². The number of carbonyl (C=O) groups is 1. The number of methoxy groups -OCH3 is 2. The van der Waals surface area contributed by atoms with Crippen molar-refractivity contribution in [1.82, 2.24) is 25.5 Å². The molecular formula is C18H18ClN5O3S. The maximum Gasteiger partial charge on any atom is 0.230 e. The lowest BCUT2D eigenvalue weighted by molar-refractivity contribution is -0.118. The molecule has 1 aromatic heterocycles. The minimum absolute atomic E-state index is 0.121. The number of thioether (sulfide) groups is 1. The molecule has 0 aliphatic heterocycles. The summed E-state index contributed by atoms with van der Waals surface area (Å²) in [5.41, 5.74) is 1.59. The van der Waals surface area contributed by atoms with Gasteiger partial charge in [-0.25, -0.2) is 0 Å². The standard InChI is InChI=1S/C18H18ClN5O3S/c1-26-15-9-14(16(27-2)8-13(15)19)24-18(21-22-23-24)28-11-17(25)20-10-12-6-4-3-5-7-12/h3-9H,10-11H2,1-2H3,(H,20,25). The van der Waals surface area contributed by atoms with Crippen LogP contribution in [0.5, 0.6) is 11.5 Å². The van der Waals surface area contributed by atoms with Crippen LogP contribution in [-0.2, 0) is 11.3 Å². The Kier molecular flexibility index (Phi) is 6.72. The zero-order valence-electron chi connectivity index (χ0n) is 15.3. The second-order valence-corrected chi connectivity index (χ2v) is 6.93. The highest BCUT2D eigenvalue weighted by molar-refractivity contribution is 7.99. The highest BCUT2D eigenvalue weighted by Crippen LogP contribution is 2.35. The van der Waals surface area contributed by atoms with Crippen molar-refractivity contribution in [2.75, 3.05) is 20.0 Å². The second-order valence-electron chi connectivity index (χ2n) is 5.58. The molecule has 146 valence electrons. The first-order chi connectivity index (χ1) is 13.6. The SMILES string of the molecule is COc1cc(-n2nnnc2SCC(=O)NCc2ccccc2)c(OC)cc1Cl. The summed E-state index contributed by atoms with van der Waals surface area (Å²) in [6, 6.07) is 13.0. The van der Waals surface area contributed by atoms with Crippen molar-refractivity contribution < 1.29 is 14.3 Å². The topological polar surface area (TPSA) is 91.2 Å². The zero-order chi connectivity index (χ0) is 19.9. The lowest BCUT2D eigenvalue weighted by Gasteiger charge is -2.12. The molecule has 8 nitrogen and oxygen atoms in total.